The number of carbonyl (C=O) groups excluding carboxylic acids is 2. The highest BCUT2D eigenvalue weighted by Crippen LogP contribution is 2.19. The van der Waals surface area contributed by atoms with Crippen LogP contribution >= 0.6 is 11.6 Å². The molecular formula is C26H27ClN2O3. The van der Waals surface area contributed by atoms with Crippen LogP contribution in [0.2, 0.25) is 5.02 Å². The molecule has 0 radical (unpaired) electrons. The number of hydrogen-bond donors (Lipinski definition) is 1. The second-order valence-corrected chi connectivity index (χ2v) is 7.93. The van der Waals surface area contributed by atoms with Gasteiger partial charge in [0.1, 0.15) is 11.8 Å². The van der Waals surface area contributed by atoms with Gasteiger partial charge in [0.2, 0.25) is 11.8 Å². The van der Waals surface area contributed by atoms with E-state index in [9.17, 15) is 9.59 Å². The summed E-state index contributed by atoms with van der Waals surface area (Å²) in [6.07, 6.45) is 0.600. The normalized spacial score (nSPS) is 11.5. The largest absolute Gasteiger partial charge is 0.497 e. The van der Waals surface area contributed by atoms with Crippen LogP contribution in [0.15, 0.2) is 78.9 Å². The molecule has 0 unspecified atom stereocenters. The summed E-state index contributed by atoms with van der Waals surface area (Å²) in [5.41, 5.74) is 2.74. The zero-order chi connectivity index (χ0) is 22.9. The lowest BCUT2D eigenvalue weighted by atomic mass is 10.0. The zero-order valence-electron chi connectivity index (χ0n) is 18.3. The van der Waals surface area contributed by atoms with Crippen LogP contribution in [0, 0.1) is 0 Å². The molecule has 0 heterocycles. The van der Waals surface area contributed by atoms with Crippen molar-refractivity contribution >= 4 is 23.4 Å². The molecule has 166 valence electrons. The third kappa shape index (κ3) is 6.34. The maximum absolute atomic E-state index is 13.5. The number of ether oxygens (including phenoxy) is 1. The number of methoxy groups -OCH3 is 1. The molecule has 32 heavy (non-hydrogen) atoms. The van der Waals surface area contributed by atoms with Crippen LogP contribution in [-0.4, -0.2) is 36.9 Å². The Morgan fingerprint density at radius 2 is 1.53 bits per heavy atom. The second kappa shape index (κ2) is 11.3. The van der Waals surface area contributed by atoms with Gasteiger partial charge in [-0.15, -0.1) is 0 Å². The highest BCUT2D eigenvalue weighted by Gasteiger charge is 2.29. The van der Waals surface area contributed by atoms with E-state index in [4.69, 9.17) is 16.3 Å². The van der Waals surface area contributed by atoms with Gasteiger partial charge in [0.05, 0.1) is 13.5 Å². The van der Waals surface area contributed by atoms with Gasteiger partial charge in [0.15, 0.2) is 0 Å². The number of nitrogens with one attached hydrogen (secondary N) is 1. The summed E-state index contributed by atoms with van der Waals surface area (Å²) < 4.78 is 5.20. The molecule has 0 saturated carbocycles. The maximum Gasteiger partial charge on any atom is 0.242 e. The molecule has 0 fully saturated rings. The molecule has 1 N–H and O–H groups in total. The predicted molar refractivity (Wildman–Crippen MR) is 127 cm³/mol. The first-order valence-electron chi connectivity index (χ1n) is 10.4. The van der Waals surface area contributed by atoms with E-state index >= 15 is 0 Å². The number of amides is 2. The van der Waals surface area contributed by atoms with Crippen molar-refractivity contribution in [1.29, 1.82) is 0 Å². The molecule has 3 aromatic rings. The summed E-state index contributed by atoms with van der Waals surface area (Å²) in [4.78, 5) is 28.0. The number of halogens is 1. The van der Waals surface area contributed by atoms with E-state index in [1.54, 1.807) is 31.2 Å². The Balaban J connectivity index is 1.91. The maximum atomic E-state index is 13.5. The first kappa shape index (κ1) is 23.4. The molecule has 0 aliphatic rings. The Morgan fingerprint density at radius 1 is 0.906 bits per heavy atom. The van der Waals surface area contributed by atoms with Crippen molar-refractivity contribution in [2.45, 2.75) is 25.4 Å². The van der Waals surface area contributed by atoms with E-state index in [0.717, 1.165) is 22.4 Å². The van der Waals surface area contributed by atoms with Crippen LogP contribution in [0.5, 0.6) is 5.75 Å². The molecule has 0 bridgehead atoms. The van der Waals surface area contributed by atoms with Crippen molar-refractivity contribution in [1.82, 2.24) is 10.2 Å². The lowest BCUT2D eigenvalue weighted by Crippen LogP contribution is -2.50. The van der Waals surface area contributed by atoms with Gasteiger partial charge >= 0.3 is 0 Å². The fourth-order valence-electron chi connectivity index (χ4n) is 3.53. The molecule has 0 aromatic heterocycles. The summed E-state index contributed by atoms with van der Waals surface area (Å²) in [5, 5.41) is 3.35. The van der Waals surface area contributed by atoms with Crippen LogP contribution in [0.1, 0.15) is 16.7 Å². The predicted octanol–water partition coefficient (Wildman–Crippen LogP) is 4.28. The highest BCUT2D eigenvalue weighted by molar-refractivity contribution is 6.30. The van der Waals surface area contributed by atoms with Crippen LogP contribution in [-0.2, 0) is 29.0 Å². The van der Waals surface area contributed by atoms with Gasteiger partial charge < -0.3 is 15.0 Å². The minimum atomic E-state index is -0.649. The van der Waals surface area contributed by atoms with Gasteiger partial charge in [0, 0.05) is 25.0 Å². The SMILES string of the molecule is CNC(=O)[C@@H](Cc1ccccc1)N(Cc1ccc(Cl)cc1)C(=O)Cc1ccc(OC)cc1. The minimum absolute atomic E-state index is 0.130. The third-order valence-corrected chi connectivity index (χ3v) is 5.55. The van der Waals surface area contributed by atoms with Crippen LogP contribution in [0.4, 0.5) is 0 Å². The van der Waals surface area contributed by atoms with E-state index in [-0.39, 0.29) is 18.2 Å². The second-order valence-electron chi connectivity index (χ2n) is 7.49. The first-order valence-corrected chi connectivity index (χ1v) is 10.8. The Labute approximate surface area is 194 Å². The number of hydrogen-bond acceptors (Lipinski definition) is 3. The third-order valence-electron chi connectivity index (χ3n) is 5.30. The topological polar surface area (TPSA) is 58.6 Å². The summed E-state index contributed by atoms with van der Waals surface area (Å²) >= 11 is 6.03. The van der Waals surface area contributed by atoms with E-state index in [1.165, 1.54) is 0 Å². The molecule has 6 heteroatoms. The Morgan fingerprint density at radius 3 is 2.12 bits per heavy atom. The molecule has 2 amide bonds. The van der Waals surface area contributed by atoms with E-state index < -0.39 is 6.04 Å². The number of carbonyl (C=O) groups is 2. The van der Waals surface area contributed by atoms with Crippen LogP contribution in [0.25, 0.3) is 0 Å². The average Bonchev–Trinajstić information content (AvgIpc) is 2.83. The molecule has 0 spiro atoms. The molecule has 5 nitrogen and oxygen atoms in total. The molecule has 3 aromatic carbocycles. The molecule has 0 saturated heterocycles. The molecule has 1 atom stereocenters. The smallest absolute Gasteiger partial charge is 0.242 e. The minimum Gasteiger partial charge on any atom is -0.497 e. The molecular weight excluding hydrogens is 424 g/mol. The standard InChI is InChI=1S/C26H27ClN2O3/c1-28-26(31)24(16-19-6-4-3-5-7-19)29(18-21-8-12-22(27)13-9-21)25(30)17-20-10-14-23(32-2)15-11-20/h3-15,24H,16-18H2,1-2H3,(H,28,31)/t24-/m1/s1. The number of rotatable bonds is 9. The Hall–Kier alpha value is -3.31. The van der Waals surface area contributed by atoms with Crippen molar-refractivity contribution in [3.63, 3.8) is 0 Å². The lowest BCUT2D eigenvalue weighted by Gasteiger charge is -2.31. The van der Waals surface area contributed by atoms with Gasteiger partial charge in [-0.3, -0.25) is 9.59 Å². The summed E-state index contributed by atoms with van der Waals surface area (Å²) in [6, 6.07) is 23.8. The first-order chi connectivity index (χ1) is 15.5. The fraction of sp³-hybridized carbons (Fsp3) is 0.231. The van der Waals surface area contributed by atoms with Crippen molar-refractivity contribution in [2.24, 2.45) is 0 Å². The van der Waals surface area contributed by atoms with Gasteiger partial charge in [-0.25, -0.2) is 0 Å². The zero-order valence-corrected chi connectivity index (χ0v) is 19.0. The fourth-order valence-corrected chi connectivity index (χ4v) is 3.65. The van der Waals surface area contributed by atoms with E-state index in [2.05, 4.69) is 5.32 Å². The highest BCUT2D eigenvalue weighted by atomic mass is 35.5. The van der Waals surface area contributed by atoms with Gasteiger partial charge in [-0.2, -0.15) is 0 Å². The number of benzene rings is 3. The summed E-state index contributed by atoms with van der Waals surface area (Å²) in [5.74, 6) is 0.395. The van der Waals surface area contributed by atoms with Crippen molar-refractivity contribution in [3.05, 3.63) is 101 Å². The van der Waals surface area contributed by atoms with Crippen LogP contribution < -0.4 is 10.1 Å². The van der Waals surface area contributed by atoms with Crippen molar-refractivity contribution < 1.29 is 14.3 Å². The molecule has 0 aliphatic carbocycles. The quantitative estimate of drug-likeness (QED) is 0.529. The monoisotopic (exact) mass is 450 g/mol. The van der Waals surface area contributed by atoms with E-state index in [1.807, 2.05) is 66.7 Å². The van der Waals surface area contributed by atoms with E-state index in [0.29, 0.717) is 18.0 Å². The molecule has 3 rings (SSSR count). The lowest BCUT2D eigenvalue weighted by molar-refractivity contribution is -0.140. The van der Waals surface area contributed by atoms with Gasteiger partial charge in [-0.1, -0.05) is 66.2 Å². The molecule has 0 aliphatic heterocycles. The number of nitrogens with zero attached hydrogens (tertiary/aromatic N) is 1. The Kier molecular flexibility index (Phi) is 8.28. The summed E-state index contributed by atoms with van der Waals surface area (Å²) in [7, 11) is 3.19. The van der Waals surface area contributed by atoms with Crippen LogP contribution in [0.3, 0.4) is 0 Å². The average molecular weight is 451 g/mol. The van der Waals surface area contributed by atoms with Crippen molar-refractivity contribution in [3.8, 4) is 5.75 Å². The summed E-state index contributed by atoms with van der Waals surface area (Å²) in [6.45, 7) is 0.303. The van der Waals surface area contributed by atoms with Gasteiger partial charge in [0.25, 0.3) is 0 Å². The Bertz CT molecular complexity index is 1020. The van der Waals surface area contributed by atoms with Crippen molar-refractivity contribution in [2.75, 3.05) is 14.2 Å². The van der Waals surface area contributed by atoms with Gasteiger partial charge in [-0.05, 0) is 41.0 Å². The number of likely N-dealkylation sites (N-methyl/N-ethyl adjacent to an activating group) is 1.